The van der Waals surface area contributed by atoms with Gasteiger partial charge >= 0.3 is 5.69 Å². The minimum atomic E-state index is -0.567. The molecule has 0 radical (unpaired) electrons. The quantitative estimate of drug-likeness (QED) is 0.202. The maximum atomic E-state index is 10.9. The first-order valence-corrected chi connectivity index (χ1v) is 6.37. The molecule has 0 amide bonds. The zero-order valence-corrected chi connectivity index (χ0v) is 10.5. The van der Waals surface area contributed by atoms with Crippen LogP contribution < -0.4 is 10.5 Å². The van der Waals surface area contributed by atoms with Gasteiger partial charge in [0.05, 0.1) is 11.5 Å². The molecule has 0 aliphatic rings. The van der Waals surface area contributed by atoms with E-state index < -0.39 is 4.92 Å². The number of benzene rings is 1. The summed E-state index contributed by atoms with van der Waals surface area (Å²) in [5.74, 6) is 0.719. The molecule has 0 saturated heterocycles. The number of nitrogens with zero attached hydrogens (tertiary/aromatic N) is 2. The molecule has 98 valence electrons. The van der Waals surface area contributed by atoms with Crippen LogP contribution in [0.25, 0.3) is 0 Å². The Balaban J connectivity index is 3.01. The van der Waals surface area contributed by atoms with Crippen molar-refractivity contribution in [2.75, 3.05) is 18.6 Å². The molecule has 7 nitrogen and oxygen atoms in total. The Labute approximate surface area is 108 Å². The van der Waals surface area contributed by atoms with Gasteiger partial charge in [0.15, 0.2) is 11.6 Å². The van der Waals surface area contributed by atoms with Gasteiger partial charge in [-0.1, -0.05) is 5.16 Å². The molecule has 1 rings (SSSR count). The summed E-state index contributed by atoms with van der Waals surface area (Å²) in [4.78, 5) is 10.3. The lowest BCUT2D eigenvalue weighted by atomic mass is 10.1. The minimum absolute atomic E-state index is 0.170. The van der Waals surface area contributed by atoms with Crippen molar-refractivity contribution in [2.24, 2.45) is 10.9 Å². The minimum Gasteiger partial charge on any atom is -0.486 e. The Morgan fingerprint density at radius 1 is 1.67 bits per heavy atom. The lowest BCUT2D eigenvalue weighted by Gasteiger charge is -2.07. The van der Waals surface area contributed by atoms with Crippen LogP contribution in [-0.4, -0.2) is 34.6 Å². The van der Waals surface area contributed by atoms with E-state index in [-0.39, 0.29) is 22.8 Å². The van der Waals surface area contributed by atoms with E-state index in [9.17, 15) is 10.1 Å². The van der Waals surface area contributed by atoms with Crippen LogP contribution >= 0.6 is 11.8 Å². The number of amidine groups is 1. The fourth-order valence-corrected chi connectivity index (χ4v) is 1.48. The highest BCUT2D eigenvalue weighted by Gasteiger charge is 2.17. The Morgan fingerprint density at radius 3 is 2.94 bits per heavy atom. The predicted molar refractivity (Wildman–Crippen MR) is 69.5 cm³/mol. The largest absolute Gasteiger partial charge is 0.486 e. The second-order valence-corrected chi connectivity index (χ2v) is 4.25. The number of hydrogen-bond acceptors (Lipinski definition) is 6. The summed E-state index contributed by atoms with van der Waals surface area (Å²) in [6, 6.07) is 4.14. The lowest BCUT2D eigenvalue weighted by Crippen LogP contribution is -2.13. The summed E-state index contributed by atoms with van der Waals surface area (Å²) in [6.45, 7) is 0.380. The fourth-order valence-electron chi connectivity index (χ4n) is 1.23. The van der Waals surface area contributed by atoms with Crippen molar-refractivity contribution in [3.05, 3.63) is 33.9 Å². The first-order valence-electron chi connectivity index (χ1n) is 4.98. The molecule has 0 atom stereocenters. The maximum Gasteiger partial charge on any atom is 0.311 e. The Hall–Kier alpha value is -1.96. The predicted octanol–water partition coefficient (Wildman–Crippen LogP) is 1.43. The third-order valence-electron chi connectivity index (χ3n) is 2.10. The van der Waals surface area contributed by atoms with Gasteiger partial charge < -0.3 is 15.7 Å². The summed E-state index contributed by atoms with van der Waals surface area (Å²) in [5, 5.41) is 22.2. The van der Waals surface area contributed by atoms with E-state index in [4.69, 9.17) is 15.7 Å². The van der Waals surface area contributed by atoms with Crippen LogP contribution in [0.1, 0.15) is 5.56 Å². The average molecular weight is 271 g/mol. The lowest BCUT2D eigenvalue weighted by molar-refractivity contribution is -0.385. The molecule has 0 spiro atoms. The number of nitro benzene ring substituents is 1. The second-order valence-electron chi connectivity index (χ2n) is 3.27. The number of rotatable bonds is 6. The molecule has 0 unspecified atom stereocenters. The van der Waals surface area contributed by atoms with Crippen LogP contribution in [0.2, 0.25) is 0 Å². The molecule has 1 aromatic rings. The van der Waals surface area contributed by atoms with Gasteiger partial charge in [-0.3, -0.25) is 10.1 Å². The van der Waals surface area contributed by atoms with Crippen molar-refractivity contribution in [1.29, 1.82) is 0 Å². The smallest absolute Gasteiger partial charge is 0.311 e. The van der Waals surface area contributed by atoms with Crippen LogP contribution in [0, 0.1) is 10.1 Å². The van der Waals surface area contributed by atoms with Crippen molar-refractivity contribution in [3.8, 4) is 5.75 Å². The van der Waals surface area contributed by atoms with Gasteiger partial charge in [-0.05, 0) is 18.4 Å². The monoisotopic (exact) mass is 271 g/mol. The summed E-state index contributed by atoms with van der Waals surface area (Å²) in [7, 11) is 0. The van der Waals surface area contributed by atoms with Gasteiger partial charge in [0, 0.05) is 17.4 Å². The number of nitro groups is 1. The van der Waals surface area contributed by atoms with Crippen molar-refractivity contribution in [1.82, 2.24) is 0 Å². The van der Waals surface area contributed by atoms with Crippen LogP contribution in [0.15, 0.2) is 23.4 Å². The number of oxime groups is 1. The molecular formula is C10H13N3O4S. The molecule has 1 aromatic carbocycles. The first-order chi connectivity index (χ1) is 8.60. The van der Waals surface area contributed by atoms with Crippen molar-refractivity contribution < 1.29 is 14.9 Å². The zero-order valence-electron chi connectivity index (χ0n) is 9.70. The van der Waals surface area contributed by atoms with E-state index >= 15 is 0 Å². The molecule has 0 fully saturated rings. The van der Waals surface area contributed by atoms with Gasteiger partial charge in [-0.2, -0.15) is 11.8 Å². The molecule has 0 aliphatic carbocycles. The van der Waals surface area contributed by atoms with Gasteiger partial charge in [0.2, 0.25) is 0 Å². The molecule has 0 saturated carbocycles. The number of hydrogen-bond donors (Lipinski definition) is 2. The van der Waals surface area contributed by atoms with Crippen molar-refractivity contribution >= 4 is 23.3 Å². The SMILES string of the molecule is CSCCOc1ccc(/C(N)=N/O)cc1[N+](=O)[O-]. The van der Waals surface area contributed by atoms with E-state index in [2.05, 4.69) is 5.16 Å². The normalized spacial score (nSPS) is 11.3. The van der Waals surface area contributed by atoms with E-state index in [1.54, 1.807) is 11.8 Å². The summed E-state index contributed by atoms with van der Waals surface area (Å²) >= 11 is 1.58. The third-order valence-corrected chi connectivity index (χ3v) is 2.68. The molecule has 3 N–H and O–H groups in total. The Morgan fingerprint density at radius 2 is 2.39 bits per heavy atom. The maximum absolute atomic E-state index is 10.9. The number of ether oxygens (including phenoxy) is 1. The van der Waals surface area contributed by atoms with E-state index in [0.717, 1.165) is 5.75 Å². The Kier molecular flexibility index (Phi) is 5.25. The number of thioether (sulfide) groups is 1. The summed E-state index contributed by atoms with van der Waals surface area (Å²) < 4.78 is 5.30. The van der Waals surface area contributed by atoms with Gasteiger partial charge in [-0.15, -0.1) is 0 Å². The molecule has 18 heavy (non-hydrogen) atoms. The molecule has 0 bridgehead atoms. The molecule has 0 aliphatic heterocycles. The van der Waals surface area contributed by atoms with E-state index in [1.807, 2.05) is 6.26 Å². The van der Waals surface area contributed by atoms with Gasteiger partial charge in [0.1, 0.15) is 0 Å². The number of nitrogens with two attached hydrogens (primary N) is 1. The fraction of sp³-hybridized carbons (Fsp3) is 0.300. The second kappa shape index (κ2) is 6.70. The highest BCUT2D eigenvalue weighted by Crippen LogP contribution is 2.28. The van der Waals surface area contributed by atoms with Gasteiger partial charge in [0.25, 0.3) is 0 Å². The highest BCUT2D eigenvalue weighted by atomic mass is 32.2. The van der Waals surface area contributed by atoms with Crippen molar-refractivity contribution in [3.63, 3.8) is 0 Å². The third kappa shape index (κ3) is 3.52. The highest BCUT2D eigenvalue weighted by molar-refractivity contribution is 7.98. The van der Waals surface area contributed by atoms with Crippen LogP contribution in [0.5, 0.6) is 5.75 Å². The zero-order chi connectivity index (χ0) is 13.5. The molecular weight excluding hydrogens is 258 g/mol. The summed E-state index contributed by atoms with van der Waals surface area (Å²) in [5.41, 5.74) is 5.43. The topological polar surface area (TPSA) is 111 Å². The molecule has 0 heterocycles. The average Bonchev–Trinajstić information content (AvgIpc) is 2.38. The molecule has 8 heteroatoms. The van der Waals surface area contributed by atoms with E-state index in [0.29, 0.717) is 6.61 Å². The van der Waals surface area contributed by atoms with Gasteiger partial charge in [-0.25, -0.2) is 0 Å². The standard InChI is InChI=1S/C10H13N3O4S/c1-18-5-4-17-9-3-2-7(10(11)12-14)6-8(9)13(15)16/h2-3,6,14H,4-5H2,1H3,(H2,11,12). The Bertz CT molecular complexity index is 464. The molecule has 0 aromatic heterocycles. The van der Waals surface area contributed by atoms with Crippen molar-refractivity contribution in [2.45, 2.75) is 0 Å². The summed E-state index contributed by atoms with van der Waals surface area (Å²) in [6.07, 6.45) is 1.92. The van der Waals surface area contributed by atoms with Crippen LogP contribution in [0.4, 0.5) is 5.69 Å². The van der Waals surface area contributed by atoms with Crippen LogP contribution in [0.3, 0.4) is 0 Å². The first kappa shape index (κ1) is 14.1. The van der Waals surface area contributed by atoms with Crippen LogP contribution in [-0.2, 0) is 0 Å². The van der Waals surface area contributed by atoms with E-state index in [1.165, 1.54) is 18.2 Å².